The number of benzene rings is 1. The maximum atomic E-state index is 12.1. The Bertz CT molecular complexity index is 842. The monoisotopic (exact) mass is 372 g/mol. The zero-order valence-electron chi connectivity index (χ0n) is 15.7. The summed E-state index contributed by atoms with van der Waals surface area (Å²) in [6, 6.07) is 7.07. The number of amides is 2. The third-order valence-corrected chi connectivity index (χ3v) is 3.87. The zero-order chi connectivity index (χ0) is 20.0. The predicted molar refractivity (Wildman–Crippen MR) is 101 cm³/mol. The molecule has 8 heteroatoms. The van der Waals surface area contributed by atoms with Gasteiger partial charge in [0, 0.05) is 24.6 Å². The van der Waals surface area contributed by atoms with Crippen LogP contribution in [0.2, 0.25) is 0 Å². The largest absolute Gasteiger partial charge is 0.478 e. The number of carbonyl (C=O) groups excluding carboxylic acids is 2. The number of aromatic carboxylic acids is 1. The van der Waals surface area contributed by atoms with E-state index in [2.05, 4.69) is 15.7 Å². The summed E-state index contributed by atoms with van der Waals surface area (Å²) in [4.78, 5) is 34.8. The van der Waals surface area contributed by atoms with Crippen LogP contribution in [0.4, 0.5) is 5.69 Å². The van der Waals surface area contributed by atoms with Crippen molar-refractivity contribution >= 4 is 23.5 Å². The van der Waals surface area contributed by atoms with E-state index in [-0.39, 0.29) is 29.8 Å². The van der Waals surface area contributed by atoms with E-state index in [0.717, 1.165) is 0 Å². The lowest BCUT2D eigenvalue weighted by Gasteiger charge is -2.10. The molecule has 0 unspecified atom stereocenters. The maximum absolute atomic E-state index is 12.1. The third kappa shape index (κ3) is 5.67. The summed E-state index contributed by atoms with van der Waals surface area (Å²) in [5.74, 6) is -1.29. The number of nitrogens with one attached hydrogen (secondary N) is 2. The normalized spacial score (nSPS) is 10.7. The van der Waals surface area contributed by atoms with Gasteiger partial charge in [-0.3, -0.25) is 9.59 Å². The van der Waals surface area contributed by atoms with Gasteiger partial charge >= 0.3 is 5.97 Å². The Kier molecular flexibility index (Phi) is 6.70. The Morgan fingerprint density at radius 3 is 2.52 bits per heavy atom. The number of carboxylic acids is 1. The molecule has 2 amide bonds. The second-order valence-corrected chi connectivity index (χ2v) is 6.53. The highest BCUT2D eigenvalue weighted by Crippen LogP contribution is 2.18. The van der Waals surface area contributed by atoms with E-state index < -0.39 is 5.97 Å². The number of nitrogens with zero attached hydrogens (tertiary/aromatic N) is 2. The van der Waals surface area contributed by atoms with Crippen molar-refractivity contribution in [1.29, 1.82) is 0 Å². The second-order valence-electron chi connectivity index (χ2n) is 6.53. The SMILES string of the molecule is Cc1c(C(=O)O)cnn1-c1cccc(NC(=O)CCCC(=O)NC(C)C)c1. The maximum Gasteiger partial charge on any atom is 0.339 e. The standard InChI is InChI=1S/C19H24N4O4/c1-12(2)21-17(24)8-5-9-18(25)22-14-6-4-7-15(10-14)23-13(3)16(11-20-23)19(26)27/h4,6-7,10-12H,5,8-9H2,1-3H3,(H,21,24)(H,22,25)(H,26,27). The summed E-state index contributed by atoms with van der Waals surface area (Å²) in [5, 5.41) is 18.8. The van der Waals surface area contributed by atoms with Crippen molar-refractivity contribution in [3.63, 3.8) is 0 Å². The molecule has 0 saturated heterocycles. The molecule has 0 bridgehead atoms. The first-order chi connectivity index (χ1) is 12.8. The van der Waals surface area contributed by atoms with Gasteiger partial charge in [0.25, 0.3) is 0 Å². The van der Waals surface area contributed by atoms with Gasteiger partial charge in [-0.15, -0.1) is 0 Å². The van der Waals surface area contributed by atoms with Crippen molar-refractivity contribution in [3.8, 4) is 5.69 Å². The van der Waals surface area contributed by atoms with Crippen LogP contribution >= 0.6 is 0 Å². The van der Waals surface area contributed by atoms with E-state index in [9.17, 15) is 14.4 Å². The van der Waals surface area contributed by atoms with E-state index in [0.29, 0.717) is 29.9 Å². The molecular weight excluding hydrogens is 348 g/mol. The molecular formula is C19H24N4O4. The van der Waals surface area contributed by atoms with Crippen LogP contribution in [0, 0.1) is 6.92 Å². The fourth-order valence-electron chi connectivity index (χ4n) is 2.62. The molecule has 3 N–H and O–H groups in total. The second kappa shape index (κ2) is 8.98. The van der Waals surface area contributed by atoms with E-state index >= 15 is 0 Å². The van der Waals surface area contributed by atoms with Crippen LogP contribution in [-0.2, 0) is 9.59 Å². The number of aromatic nitrogens is 2. The van der Waals surface area contributed by atoms with Crippen LogP contribution in [0.5, 0.6) is 0 Å². The number of anilines is 1. The van der Waals surface area contributed by atoms with Crippen LogP contribution in [0.1, 0.15) is 49.2 Å². The Labute approximate surface area is 157 Å². The van der Waals surface area contributed by atoms with Crippen molar-refractivity contribution in [2.75, 3.05) is 5.32 Å². The Morgan fingerprint density at radius 2 is 1.89 bits per heavy atom. The molecule has 1 heterocycles. The highest BCUT2D eigenvalue weighted by Gasteiger charge is 2.14. The summed E-state index contributed by atoms with van der Waals surface area (Å²) >= 11 is 0. The van der Waals surface area contributed by atoms with Crippen molar-refractivity contribution in [2.45, 2.75) is 46.1 Å². The van der Waals surface area contributed by atoms with Crippen molar-refractivity contribution in [3.05, 3.63) is 41.7 Å². The van der Waals surface area contributed by atoms with Crippen molar-refractivity contribution in [1.82, 2.24) is 15.1 Å². The molecule has 0 aliphatic carbocycles. The highest BCUT2D eigenvalue weighted by atomic mass is 16.4. The van der Waals surface area contributed by atoms with Gasteiger partial charge in [-0.1, -0.05) is 6.07 Å². The van der Waals surface area contributed by atoms with Gasteiger partial charge in [-0.2, -0.15) is 5.10 Å². The van der Waals surface area contributed by atoms with E-state index in [4.69, 9.17) is 5.11 Å². The predicted octanol–water partition coefficient (Wildman–Crippen LogP) is 2.51. The van der Waals surface area contributed by atoms with Gasteiger partial charge in [0.1, 0.15) is 5.56 Å². The van der Waals surface area contributed by atoms with E-state index in [1.165, 1.54) is 10.9 Å². The minimum atomic E-state index is -1.04. The number of carbonyl (C=O) groups is 3. The van der Waals surface area contributed by atoms with Crippen LogP contribution < -0.4 is 10.6 Å². The van der Waals surface area contributed by atoms with Crippen LogP contribution in [0.25, 0.3) is 5.69 Å². The highest BCUT2D eigenvalue weighted by molar-refractivity contribution is 5.91. The molecule has 0 spiro atoms. The van der Waals surface area contributed by atoms with Gasteiger partial charge in [0.05, 0.1) is 17.6 Å². The average molecular weight is 372 g/mol. The molecule has 2 rings (SSSR count). The third-order valence-electron chi connectivity index (χ3n) is 3.87. The fourth-order valence-corrected chi connectivity index (χ4v) is 2.62. The summed E-state index contributed by atoms with van der Waals surface area (Å²) in [7, 11) is 0. The molecule has 1 aromatic heterocycles. The molecule has 1 aromatic carbocycles. The van der Waals surface area contributed by atoms with E-state index in [1.54, 1.807) is 31.2 Å². The summed E-state index contributed by atoms with van der Waals surface area (Å²) in [5.41, 5.74) is 1.86. The smallest absolute Gasteiger partial charge is 0.339 e. The minimum Gasteiger partial charge on any atom is -0.478 e. The Hall–Kier alpha value is -3.16. The van der Waals surface area contributed by atoms with Gasteiger partial charge in [0.15, 0.2) is 0 Å². The molecule has 27 heavy (non-hydrogen) atoms. The number of hydrogen-bond donors (Lipinski definition) is 3. The zero-order valence-corrected chi connectivity index (χ0v) is 15.7. The quantitative estimate of drug-likeness (QED) is 0.659. The molecule has 2 aromatic rings. The Morgan fingerprint density at radius 1 is 1.19 bits per heavy atom. The summed E-state index contributed by atoms with van der Waals surface area (Å²) in [6.45, 7) is 5.45. The average Bonchev–Trinajstić information content (AvgIpc) is 2.96. The molecule has 0 aliphatic heterocycles. The van der Waals surface area contributed by atoms with Crippen molar-refractivity contribution < 1.29 is 19.5 Å². The molecule has 0 fully saturated rings. The van der Waals surface area contributed by atoms with Crippen LogP contribution in [-0.4, -0.2) is 38.7 Å². The molecule has 0 saturated carbocycles. The molecule has 8 nitrogen and oxygen atoms in total. The first-order valence-electron chi connectivity index (χ1n) is 8.75. The van der Waals surface area contributed by atoms with E-state index in [1.807, 2.05) is 13.8 Å². The molecule has 0 radical (unpaired) electrons. The fraction of sp³-hybridized carbons (Fsp3) is 0.368. The number of carboxylic acid groups (broad SMARTS) is 1. The van der Waals surface area contributed by atoms with Crippen molar-refractivity contribution in [2.24, 2.45) is 0 Å². The topological polar surface area (TPSA) is 113 Å². The lowest BCUT2D eigenvalue weighted by atomic mass is 10.2. The molecule has 144 valence electrons. The van der Waals surface area contributed by atoms with Crippen LogP contribution in [0.3, 0.4) is 0 Å². The van der Waals surface area contributed by atoms with Gasteiger partial charge in [0.2, 0.25) is 11.8 Å². The number of rotatable bonds is 8. The Balaban J connectivity index is 1.96. The minimum absolute atomic E-state index is 0.0665. The van der Waals surface area contributed by atoms with Gasteiger partial charge in [-0.05, 0) is 45.4 Å². The lowest BCUT2D eigenvalue weighted by molar-refractivity contribution is -0.121. The molecule has 0 aliphatic rings. The van der Waals surface area contributed by atoms with Gasteiger partial charge in [-0.25, -0.2) is 9.48 Å². The first kappa shape index (κ1) is 20.2. The lowest BCUT2D eigenvalue weighted by Crippen LogP contribution is -2.30. The molecule has 0 atom stereocenters. The van der Waals surface area contributed by atoms with Crippen LogP contribution in [0.15, 0.2) is 30.5 Å². The summed E-state index contributed by atoms with van der Waals surface area (Å²) < 4.78 is 1.51. The number of hydrogen-bond acceptors (Lipinski definition) is 4. The first-order valence-corrected chi connectivity index (χ1v) is 8.75. The summed E-state index contributed by atoms with van der Waals surface area (Å²) in [6.07, 6.45) is 2.30. The van der Waals surface area contributed by atoms with Gasteiger partial charge < -0.3 is 15.7 Å².